The summed E-state index contributed by atoms with van der Waals surface area (Å²) in [7, 11) is 0. The van der Waals surface area contributed by atoms with Gasteiger partial charge in [0.15, 0.2) is 6.26 Å². The molecule has 1 saturated heterocycles. The highest BCUT2D eigenvalue weighted by atomic mass is 16.6. The number of ether oxygens (including phenoxy) is 2. The Hall–Kier alpha value is -2.99. The summed E-state index contributed by atoms with van der Waals surface area (Å²) >= 11 is 0. The molecule has 8 rings (SSSR count). The molecular weight excluding hydrogens is 498 g/mol. The lowest BCUT2D eigenvalue weighted by molar-refractivity contribution is -0.128. The quantitative estimate of drug-likeness (QED) is 0.434. The third-order valence-corrected chi connectivity index (χ3v) is 10.2. The average Bonchev–Trinajstić information content (AvgIpc) is 3.02. The molecule has 0 aromatic heterocycles. The van der Waals surface area contributed by atoms with E-state index in [9.17, 15) is 4.79 Å². The fraction of sp³-hybridized carbons (Fsp3) is 0.559. The lowest BCUT2D eigenvalue weighted by Gasteiger charge is -2.47. The Kier molecular flexibility index (Phi) is 7.44. The van der Waals surface area contributed by atoms with Gasteiger partial charge < -0.3 is 19.3 Å². The predicted octanol–water partition coefficient (Wildman–Crippen LogP) is 6.13. The lowest BCUT2D eigenvalue weighted by Crippen LogP contribution is -2.56. The van der Waals surface area contributed by atoms with Crippen LogP contribution in [-0.4, -0.2) is 54.5 Å². The molecule has 0 radical (unpaired) electrons. The molecule has 0 N–H and O–H groups in total. The zero-order chi connectivity index (χ0) is 26.9. The van der Waals surface area contributed by atoms with Crippen LogP contribution in [0.25, 0.3) is 0 Å². The van der Waals surface area contributed by atoms with Crippen molar-refractivity contribution in [2.24, 2.45) is 17.8 Å². The van der Waals surface area contributed by atoms with E-state index in [-0.39, 0.29) is 12.0 Å². The van der Waals surface area contributed by atoms with Gasteiger partial charge in [0.1, 0.15) is 12.0 Å². The minimum Gasteiger partial charge on any atom is -0.460 e. The summed E-state index contributed by atoms with van der Waals surface area (Å²) in [6.45, 7) is 4.67. The van der Waals surface area contributed by atoms with Crippen molar-refractivity contribution in [1.82, 2.24) is 9.80 Å². The first-order valence-electron chi connectivity index (χ1n) is 15.7. The number of allylic oxidation sites excluding steroid dienone is 4. The van der Waals surface area contributed by atoms with E-state index >= 15 is 0 Å². The number of aryl methyl sites for hydroxylation is 1. The smallest absolute Gasteiger partial charge is 0.231 e. The first kappa shape index (κ1) is 25.9. The van der Waals surface area contributed by atoms with Gasteiger partial charge in [-0.2, -0.15) is 0 Å². The van der Waals surface area contributed by atoms with Gasteiger partial charge in [-0.3, -0.25) is 9.69 Å². The summed E-state index contributed by atoms with van der Waals surface area (Å²) < 4.78 is 12.0. The van der Waals surface area contributed by atoms with Gasteiger partial charge in [0.25, 0.3) is 0 Å². The van der Waals surface area contributed by atoms with Crippen LogP contribution in [-0.2, 0) is 20.7 Å². The van der Waals surface area contributed by atoms with E-state index in [0.717, 1.165) is 88.8 Å². The molecule has 2 bridgehead atoms. The van der Waals surface area contributed by atoms with Crippen LogP contribution in [0.15, 0.2) is 72.2 Å². The summed E-state index contributed by atoms with van der Waals surface area (Å²) in [6.07, 6.45) is 21.4. The normalized spacial score (nSPS) is 30.1. The minimum absolute atomic E-state index is 0.220. The number of piperazine rings is 1. The number of nitrogens with zero attached hydrogens (tertiary/aromatic N) is 3. The van der Waals surface area contributed by atoms with E-state index in [0.29, 0.717) is 11.8 Å². The van der Waals surface area contributed by atoms with Crippen molar-refractivity contribution in [1.29, 1.82) is 0 Å². The molecule has 6 heteroatoms. The highest BCUT2D eigenvalue weighted by Gasteiger charge is 2.44. The Morgan fingerprint density at radius 2 is 1.77 bits per heavy atom. The third-order valence-electron chi connectivity index (χ3n) is 10.2. The molecule has 212 valence electrons. The third kappa shape index (κ3) is 5.35. The van der Waals surface area contributed by atoms with Crippen molar-refractivity contribution >= 4 is 11.6 Å². The number of rotatable bonds is 6. The zero-order valence-corrected chi connectivity index (χ0v) is 23.7. The average molecular weight is 542 g/mol. The first-order chi connectivity index (χ1) is 19.7. The first-order valence-corrected chi connectivity index (χ1v) is 15.7. The van der Waals surface area contributed by atoms with Gasteiger partial charge in [-0.15, -0.1) is 0 Å². The second-order valence-electron chi connectivity index (χ2n) is 12.7. The molecule has 3 saturated carbocycles. The highest BCUT2D eigenvalue weighted by molar-refractivity contribution is 5.97. The van der Waals surface area contributed by atoms with Gasteiger partial charge in [-0.05, 0) is 68.4 Å². The molecule has 0 spiro atoms. The van der Waals surface area contributed by atoms with Gasteiger partial charge in [0.05, 0.1) is 0 Å². The Bertz CT molecular complexity index is 1220. The number of carbonyl (C=O) groups excluding carboxylic acids is 1. The molecule has 1 aromatic rings. The van der Waals surface area contributed by atoms with Crippen LogP contribution in [0.1, 0.15) is 63.4 Å². The van der Waals surface area contributed by atoms with Crippen molar-refractivity contribution in [3.05, 3.63) is 77.8 Å². The molecule has 1 amide bonds. The molecule has 4 fully saturated rings. The Morgan fingerprint density at radius 1 is 0.925 bits per heavy atom. The fourth-order valence-electron chi connectivity index (χ4n) is 7.95. The zero-order valence-electron chi connectivity index (χ0n) is 23.7. The number of hydrogen-bond donors (Lipinski definition) is 0. The molecule has 7 aliphatic rings. The molecule has 3 heterocycles. The van der Waals surface area contributed by atoms with E-state index in [2.05, 4.69) is 57.2 Å². The van der Waals surface area contributed by atoms with Crippen LogP contribution in [0.4, 0.5) is 5.69 Å². The van der Waals surface area contributed by atoms with E-state index in [1.165, 1.54) is 42.5 Å². The Morgan fingerprint density at radius 3 is 2.50 bits per heavy atom. The summed E-state index contributed by atoms with van der Waals surface area (Å²) in [5.41, 5.74) is 3.89. The Labute approximate surface area is 239 Å². The molecule has 1 aromatic carbocycles. The number of carbonyl (C=O) groups is 1. The topological polar surface area (TPSA) is 45.3 Å². The standard InChI is InChI=1S/C34H43N3O3/c38-34(31-21-26-10-12-27(31)13-11-26)37-29(15-14-28-8-4-5-9-32(28)37)22-35-16-18-36(19-17-35)33-24-39-30(23-40-33)20-25-6-2-1-3-7-25/h1-2,4-6,8-9,23-24,26-27,29,31H,3,7,10-22H2. The van der Waals surface area contributed by atoms with E-state index in [4.69, 9.17) is 9.47 Å². The van der Waals surface area contributed by atoms with Crippen LogP contribution in [0, 0.1) is 17.8 Å². The maximum atomic E-state index is 14.2. The van der Waals surface area contributed by atoms with Gasteiger partial charge in [-0.25, -0.2) is 0 Å². The number of anilines is 1. The SMILES string of the molecule is O=C(C1CC2CCC1CC2)N1c2ccccc2CCC1CN1CCN(C2=COC(CC3=CC=CCC3)=CO2)CC1. The van der Waals surface area contributed by atoms with Crippen LogP contribution in [0.2, 0.25) is 0 Å². The van der Waals surface area contributed by atoms with E-state index < -0.39 is 0 Å². The van der Waals surface area contributed by atoms with Crippen molar-refractivity contribution in [2.45, 2.75) is 70.3 Å². The van der Waals surface area contributed by atoms with Crippen LogP contribution < -0.4 is 4.90 Å². The van der Waals surface area contributed by atoms with Crippen LogP contribution >= 0.6 is 0 Å². The lowest BCUT2D eigenvalue weighted by atomic mass is 9.64. The van der Waals surface area contributed by atoms with Crippen molar-refractivity contribution < 1.29 is 14.3 Å². The number of para-hydroxylation sites is 1. The maximum absolute atomic E-state index is 14.2. The fourth-order valence-corrected chi connectivity index (χ4v) is 7.95. The van der Waals surface area contributed by atoms with Crippen LogP contribution in [0.5, 0.6) is 0 Å². The summed E-state index contributed by atoms with van der Waals surface area (Å²) in [6, 6.07) is 8.89. The Balaban J connectivity index is 0.971. The largest absolute Gasteiger partial charge is 0.460 e. The van der Waals surface area contributed by atoms with Crippen LogP contribution in [0.3, 0.4) is 0 Å². The molecule has 4 aliphatic carbocycles. The molecule has 40 heavy (non-hydrogen) atoms. The number of hydrogen-bond acceptors (Lipinski definition) is 5. The molecule has 2 unspecified atom stereocenters. The molecule has 3 aliphatic heterocycles. The van der Waals surface area contributed by atoms with Crippen molar-refractivity contribution in [2.75, 3.05) is 37.6 Å². The number of fused-ring (bicyclic) bond motifs is 4. The highest BCUT2D eigenvalue weighted by Crippen LogP contribution is 2.47. The number of benzene rings is 1. The molecule has 6 nitrogen and oxygen atoms in total. The van der Waals surface area contributed by atoms with Gasteiger partial charge >= 0.3 is 0 Å². The predicted molar refractivity (Wildman–Crippen MR) is 157 cm³/mol. The van der Waals surface area contributed by atoms with Crippen molar-refractivity contribution in [3.8, 4) is 0 Å². The minimum atomic E-state index is 0.220. The number of amides is 1. The summed E-state index contributed by atoms with van der Waals surface area (Å²) in [5.74, 6) is 3.66. The van der Waals surface area contributed by atoms with Gasteiger partial charge in [-0.1, -0.05) is 54.8 Å². The summed E-state index contributed by atoms with van der Waals surface area (Å²) in [4.78, 5) is 21.3. The van der Waals surface area contributed by atoms with Gasteiger partial charge in [0, 0.05) is 56.8 Å². The van der Waals surface area contributed by atoms with Gasteiger partial charge in [0.2, 0.25) is 11.8 Å². The van der Waals surface area contributed by atoms with E-state index in [1.54, 1.807) is 12.5 Å². The monoisotopic (exact) mass is 541 g/mol. The second kappa shape index (κ2) is 11.5. The summed E-state index contributed by atoms with van der Waals surface area (Å²) in [5, 5.41) is 0. The molecular formula is C34H43N3O3. The maximum Gasteiger partial charge on any atom is 0.231 e. The second-order valence-corrected chi connectivity index (χ2v) is 12.7. The molecule has 2 atom stereocenters. The van der Waals surface area contributed by atoms with Crippen molar-refractivity contribution in [3.63, 3.8) is 0 Å². The van der Waals surface area contributed by atoms with E-state index in [1.807, 2.05) is 0 Å².